The SMILES string of the molecule is COc1c2c(cc3ccccc13)C1=NC3=NC(OC)(N=C4N=C(N=C5N=C(c6cc7ccccc7cc65)N(NC(=O)c5ccccc5)C2=N1)c1cc2ccccc2cc14)c1c3c(OC)c2ccccc2c1OC. The molecule has 9 aromatic rings. The van der Waals surface area contributed by atoms with Gasteiger partial charge in [0.15, 0.2) is 40.8 Å². The average Bonchev–Trinajstić information content (AvgIpc) is 4.17. The van der Waals surface area contributed by atoms with Crippen LogP contribution in [0.4, 0.5) is 0 Å². The Morgan fingerprint density at radius 1 is 0.438 bits per heavy atom. The summed E-state index contributed by atoms with van der Waals surface area (Å²) in [6, 6.07) is 51.2. The van der Waals surface area contributed by atoms with Crippen molar-refractivity contribution in [3.8, 4) is 17.2 Å². The number of hydrazine groups is 1. The molecule has 5 aliphatic rings. The minimum atomic E-state index is -1.84. The Bertz CT molecular complexity index is 4210. The summed E-state index contributed by atoms with van der Waals surface area (Å²) in [7, 11) is 6.40. The Labute approximate surface area is 416 Å². The number of ether oxygens (including phenoxy) is 4. The summed E-state index contributed by atoms with van der Waals surface area (Å²) < 4.78 is 25.7. The van der Waals surface area contributed by atoms with Crippen molar-refractivity contribution in [2.45, 2.75) is 5.85 Å². The van der Waals surface area contributed by atoms with E-state index in [1.54, 1.807) is 45.6 Å². The maximum absolute atomic E-state index is 14.8. The number of rotatable bonds is 6. The number of fused-ring (bicyclic) bond motifs is 20. The highest BCUT2D eigenvalue weighted by atomic mass is 16.5. The molecule has 1 N–H and O–H groups in total. The van der Waals surface area contributed by atoms with Gasteiger partial charge in [-0.05, 0) is 69.4 Å². The van der Waals surface area contributed by atoms with E-state index < -0.39 is 11.8 Å². The van der Waals surface area contributed by atoms with E-state index in [9.17, 15) is 4.79 Å². The molecule has 5 aliphatic heterocycles. The topological polar surface area (TPSA) is 156 Å². The maximum atomic E-state index is 14.8. The van der Waals surface area contributed by atoms with Crippen molar-refractivity contribution < 1.29 is 23.7 Å². The Morgan fingerprint density at radius 2 is 0.890 bits per heavy atom. The number of hydrogen-bond donors (Lipinski definition) is 1. The molecule has 1 unspecified atom stereocenters. The minimum absolute atomic E-state index is 0.198. The van der Waals surface area contributed by atoms with Crippen LogP contribution in [0.5, 0.6) is 17.2 Å². The summed E-state index contributed by atoms with van der Waals surface area (Å²) in [5, 5.41) is 8.69. The highest BCUT2D eigenvalue weighted by molar-refractivity contribution is 6.36. The van der Waals surface area contributed by atoms with Crippen molar-refractivity contribution >= 4 is 89.8 Å². The molecule has 0 fully saturated rings. The molecule has 8 bridgehead atoms. The third kappa shape index (κ3) is 6.20. The standard InChI is InChI=1S/C59H39N9O5/c1-70-48-37-23-13-12-22-36(37)30-44-45(48)57-64-53(44)62-55-46-47(50(72-3)39-25-15-14-24-38(39)49(46)71-2)59(66-55,73-4)65-54-41-27-33-19-9-8-18-32(33)26-40(41)51(61-54)60-52-42-28-34-20-10-11-21-35(34)29-43(42)56(63-52)68(57)67-58(69)31-16-6-5-7-17-31/h5-30H,1-4H3,(H,67,69). The van der Waals surface area contributed by atoms with Crippen molar-refractivity contribution in [3.05, 3.63) is 208 Å². The van der Waals surface area contributed by atoms with E-state index in [-0.39, 0.29) is 17.5 Å². The van der Waals surface area contributed by atoms with Crippen LogP contribution >= 0.6 is 0 Å². The van der Waals surface area contributed by atoms with Gasteiger partial charge in [0.25, 0.3) is 11.8 Å². The van der Waals surface area contributed by atoms with E-state index in [0.29, 0.717) is 85.1 Å². The van der Waals surface area contributed by atoms with Gasteiger partial charge in [0.05, 0.1) is 38.0 Å². The first-order chi connectivity index (χ1) is 35.9. The second-order valence-electron chi connectivity index (χ2n) is 17.9. The summed E-state index contributed by atoms with van der Waals surface area (Å²) >= 11 is 0. The molecule has 9 aromatic carbocycles. The molecule has 0 saturated carbocycles. The number of amidine groups is 7. The molecule has 0 spiro atoms. The molecule has 1 atom stereocenters. The zero-order chi connectivity index (χ0) is 49.1. The van der Waals surface area contributed by atoms with Crippen molar-refractivity contribution in [1.29, 1.82) is 0 Å². The van der Waals surface area contributed by atoms with Crippen LogP contribution < -0.4 is 19.6 Å². The Kier molecular flexibility index (Phi) is 9.22. The molecule has 0 saturated heterocycles. The lowest BCUT2D eigenvalue weighted by molar-refractivity contribution is 0.00248. The van der Waals surface area contributed by atoms with E-state index in [0.717, 1.165) is 48.7 Å². The van der Waals surface area contributed by atoms with Crippen LogP contribution in [0.25, 0.3) is 43.1 Å². The molecule has 14 heteroatoms. The van der Waals surface area contributed by atoms with E-state index in [2.05, 4.69) is 47.9 Å². The number of benzene rings is 9. The number of nitrogens with one attached hydrogen (secondary N) is 1. The number of carbonyl (C=O) groups excluding carboxylic acids is 1. The van der Waals surface area contributed by atoms with E-state index in [4.69, 9.17) is 53.9 Å². The van der Waals surface area contributed by atoms with Gasteiger partial charge in [-0.25, -0.2) is 40.0 Å². The number of amides is 1. The Morgan fingerprint density at radius 3 is 1.53 bits per heavy atom. The lowest BCUT2D eigenvalue weighted by Crippen LogP contribution is -2.50. The van der Waals surface area contributed by atoms with Crippen molar-refractivity contribution in [1.82, 2.24) is 10.4 Å². The minimum Gasteiger partial charge on any atom is -0.496 e. The molecule has 0 radical (unpaired) electrons. The fourth-order valence-corrected chi connectivity index (χ4v) is 10.7. The van der Waals surface area contributed by atoms with Crippen LogP contribution in [0.15, 0.2) is 193 Å². The van der Waals surface area contributed by atoms with Crippen LogP contribution in [-0.2, 0) is 10.6 Å². The first-order valence-electron chi connectivity index (χ1n) is 23.6. The maximum Gasteiger partial charge on any atom is 0.292 e. The van der Waals surface area contributed by atoms with Crippen molar-refractivity contribution in [2.75, 3.05) is 28.4 Å². The van der Waals surface area contributed by atoms with Gasteiger partial charge in [0.2, 0.25) is 0 Å². The van der Waals surface area contributed by atoms with Gasteiger partial charge in [-0.2, -0.15) is 0 Å². The Hall–Kier alpha value is -9.66. The molecule has 14 nitrogen and oxygen atoms in total. The third-order valence-corrected chi connectivity index (χ3v) is 14.0. The van der Waals surface area contributed by atoms with Crippen molar-refractivity contribution in [2.24, 2.45) is 34.9 Å². The quantitative estimate of drug-likeness (QED) is 0.175. The molecule has 1 amide bonds. The summed E-state index contributed by atoms with van der Waals surface area (Å²) in [5.74, 6) is 1.30. The fraction of sp³-hybridized carbons (Fsp3) is 0.0847. The second kappa shape index (κ2) is 15.9. The fourth-order valence-electron chi connectivity index (χ4n) is 10.7. The third-order valence-electron chi connectivity index (χ3n) is 14.0. The van der Waals surface area contributed by atoms with E-state index in [1.165, 1.54) is 0 Å². The smallest absolute Gasteiger partial charge is 0.292 e. The molecule has 14 rings (SSSR count). The molecule has 73 heavy (non-hydrogen) atoms. The summed E-state index contributed by atoms with van der Waals surface area (Å²) in [6.45, 7) is 0. The number of aliphatic imine (C=N–C) groups is 7. The van der Waals surface area contributed by atoms with Crippen LogP contribution in [0.3, 0.4) is 0 Å². The summed E-state index contributed by atoms with van der Waals surface area (Å²) in [5.41, 5.74) is 8.58. The second-order valence-corrected chi connectivity index (χ2v) is 17.9. The number of carbonyl (C=O) groups is 1. The van der Waals surface area contributed by atoms with E-state index in [1.807, 2.05) is 103 Å². The zero-order valence-corrected chi connectivity index (χ0v) is 39.6. The van der Waals surface area contributed by atoms with Gasteiger partial charge in [0, 0.05) is 56.6 Å². The molecule has 0 aromatic heterocycles. The van der Waals surface area contributed by atoms with Gasteiger partial charge in [-0.1, -0.05) is 115 Å². The summed E-state index contributed by atoms with van der Waals surface area (Å²) in [6.07, 6.45) is 0. The van der Waals surface area contributed by atoms with Gasteiger partial charge < -0.3 is 18.9 Å². The number of nitrogens with zero attached hydrogens (tertiary/aromatic N) is 8. The predicted molar refractivity (Wildman–Crippen MR) is 286 cm³/mol. The largest absolute Gasteiger partial charge is 0.496 e. The number of methoxy groups -OCH3 is 4. The summed E-state index contributed by atoms with van der Waals surface area (Å²) in [4.78, 5) is 52.5. The Balaban J connectivity index is 1.15. The lowest BCUT2D eigenvalue weighted by atomic mass is 9.95. The van der Waals surface area contributed by atoms with Crippen LogP contribution in [0.2, 0.25) is 0 Å². The first kappa shape index (κ1) is 42.2. The predicted octanol–water partition coefficient (Wildman–Crippen LogP) is 10.1. The molecular weight excluding hydrogens is 915 g/mol. The van der Waals surface area contributed by atoms with Crippen LogP contribution in [-0.4, -0.2) is 80.2 Å². The van der Waals surface area contributed by atoms with Gasteiger partial charge in [-0.3, -0.25) is 10.2 Å². The monoisotopic (exact) mass is 953 g/mol. The van der Waals surface area contributed by atoms with Crippen LogP contribution in [0.1, 0.15) is 54.9 Å². The lowest BCUT2D eigenvalue weighted by Gasteiger charge is -2.26. The molecule has 350 valence electrons. The highest BCUT2D eigenvalue weighted by Gasteiger charge is 2.49. The van der Waals surface area contributed by atoms with Crippen LogP contribution in [0, 0.1) is 0 Å². The first-order valence-corrected chi connectivity index (χ1v) is 23.6. The number of hydrogen-bond acceptors (Lipinski definition) is 13. The zero-order valence-electron chi connectivity index (χ0n) is 39.6. The van der Waals surface area contributed by atoms with Gasteiger partial charge in [-0.15, -0.1) is 0 Å². The normalized spacial score (nSPS) is 16.9. The average molecular weight is 954 g/mol. The van der Waals surface area contributed by atoms with Crippen molar-refractivity contribution in [3.63, 3.8) is 0 Å². The molecular formula is C59H39N9O5. The van der Waals surface area contributed by atoms with E-state index >= 15 is 0 Å². The van der Waals surface area contributed by atoms with Gasteiger partial charge >= 0.3 is 0 Å². The molecule has 0 aliphatic carbocycles. The molecule has 5 heterocycles. The van der Waals surface area contributed by atoms with Gasteiger partial charge in [0.1, 0.15) is 17.2 Å². The highest BCUT2D eigenvalue weighted by Crippen LogP contribution is 2.52.